The average molecular weight is 588 g/mol. The summed E-state index contributed by atoms with van der Waals surface area (Å²) in [7, 11) is -3.90. The molecule has 0 spiro atoms. The molecule has 0 saturated carbocycles. The van der Waals surface area contributed by atoms with Crippen LogP contribution in [0.2, 0.25) is 0 Å². The molecule has 4 rings (SSSR count). The number of fused-ring (bicyclic) bond motifs is 1. The molecule has 0 aliphatic carbocycles. The minimum atomic E-state index is -3.90. The number of ether oxygens (including phenoxy) is 1. The summed E-state index contributed by atoms with van der Waals surface area (Å²) in [4.78, 5) is 17.7. The molecule has 4 N–H and O–H groups in total. The molecule has 0 unspecified atom stereocenters. The monoisotopic (exact) mass is 587 g/mol. The number of sulfonamides is 1. The van der Waals surface area contributed by atoms with E-state index in [1.807, 2.05) is 39.8 Å². The van der Waals surface area contributed by atoms with Crippen molar-refractivity contribution in [2.24, 2.45) is 0 Å². The first-order valence-electron chi connectivity index (χ1n) is 13.2. The minimum Gasteiger partial charge on any atom is -0.382 e. The number of anilines is 3. The SMILES string of the molecule is CC(C)Nc1ccc(-c2nc(N)c3nc(-c4cccc(NS(=O)(=O)CCCF)c4F)ccc3n2)cn1.CCOCC. The van der Waals surface area contributed by atoms with Gasteiger partial charge in [-0.25, -0.2) is 32.7 Å². The summed E-state index contributed by atoms with van der Waals surface area (Å²) < 4.78 is 58.7. The Kier molecular flexibility index (Phi) is 11.2. The number of nitrogens with two attached hydrogens (primary N) is 1. The van der Waals surface area contributed by atoms with Crippen LogP contribution in [0.3, 0.4) is 0 Å². The van der Waals surface area contributed by atoms with Crippen molar-refractivity contribution in [2.45, 2.75) is 40.2 Å². The topological polar surface area (TPSA) is 145 Å². The Morgan fingerprint density at radius 2 is 1.78 bits per heavy atom. The first-order chi connectivity index (χ1) is 19.6. The summed E-state index contributed by atoms with van der Waals surface area (Å²) in [6, 6.07) is 11.3. The van der Waals surface area contributed by atoms with E-state index in [9.17, 15) is 12.8 Å². The number of hydrogen-bond donors (Lipinski definition) is 3. The number of nitrogens with zero attached hydrogens (tertiary/aromatic N) is 4. The van der Waals surface area contributed by atoms with E-state index in [2.05, 4.69) is 30.0 Å². The van der Waals surface area contributed by atoms with E-state index in [0.29, 0.717) is 16.9 Å². The summed E-state index contributed by atoms with van der Waals surface area (Å²) in [5.41, 5.74) is 7.59. The number of halogens is 2. The van der Waals surface area contributed by atoms with Gasteiger partial charge in [0.2, 0.25) is 10.0 Å². The quantitative estimate of drug-likeness (QED) is 0.209. The van der Waals surface area contributed by atoms with Crippen molar-refractivity contribution in [1.82, 2.24) is 19.9 Å². The molecular weight excluding hydrogens is 552 g/mol. The third kappa shape index (κ3) is 8.76. The second kappa shape index (κ2) is 14.6. The Balaban J connectivity index is 0.000000850. The second-order valence-electron chi connectivity index (χ2n) is 9.14. The van der Waals surface area contributed by atoms with E-state index >= 15 is 4.39 Å². The molecule has 0 saturated heterocycles. The summed E-state index contributed by atoms with van der Waals surface area (Å²) in [6.07, 6.45) is 1.46. The number of hydrogen-bond acceptors (Lipinski definition) is 9. The van der Waals surface area contributed by atoms with Crippen LogP contribution in [0.15, 0.2) is 48.7 Å². The zero-order valence-corrected chi connectivity index (χ0v) is 24.3. The summed E-state index contributed by atoms with van der Waals surface area (Å²) in [5, 5.41) is 3.21. The lowest BCUT2D eigenvalue weighted by atomic mass is 10.1. The van der Waals surface area contributed by atoms with Gasteiger partial charge in [-0.3, -0.25) is 9.11 Å². The van der Waals surface area contributed by atoms with Crippen molar-refractivity contribution < 1.29 is 21.9 Å². The fraction of sp³-hybridized carbons (Fsp3) is 0.357. The number of alkyl halides is 1. The Labute approximate surface area is 238 Å². The Morgan fingerprint density at radius 1 is 1.02 bits per heavy atom. The number of nitrogens with one attached hydrogen (secondary N) is 2. The van der Waals surface area contributed by atoms with Crippen LogP contribution in [0, 0.1) is 5.82 Å². The molecule has 0 aliphatic rings. The first-order valence-corrected chi connectivity index (χ1v) is 14.8. The van der Waals surface area contributed by atoms with E-state index in [0.717, 1.165) is 19.0 Å². The standard InChI is InChI=1S/C24H25F2N7O2S.C4H10O/c1-14(2)29-20-10-7-15(13-28-20)24-31-19-9-8-17(30-22(19)23(27)32-24)16-5-3-6-18(21(16)26)33-36(34,35)12-4-11-25;1-3-5-4-2/h3,5-10,13-14,33H,4,11-12H2,1-2H3,(H,28,29)(H2,27,31,32);3-4H2,1-2H3. The van der Waals surface area contributed by atoms with Gasteiger partial charge in [0, 0.05) is 36.6 Å². The molecule has 0 amide bonds. The molecule has 0 aliphatic heterocycles. The largest absolute Gasteiger partial charge is 0.382 e. The van der Waals surface area contributed by atoms with Gasteiger partial charge in [0.05, 0.1) is 29.3 Å². The summed E-state index contributed by atoms with van der Waals surface area (Å²) in [5.74, 6) is -0.0728. The highest BCUT2D eigenvalue weighted by Crippen LogP contribution is 2.30. The van der Waals surface area contributed by atoms with Crippen molar-refractivity contribution in [2.75, 3.05) is 41.4 Å². The van der Waals surface area contributed by atoms with Crippen LogP contribution >= 0.6 is 0 Å². The Hall–Kier alpha value is -3.97. The van der Waals surface area contributed by atoms with Crippen molar-refractivity contribution >= 4 is 38.4 Å². The third-order valence-electron chi connectivity index (χ3n) is 5.52. The van der Waals surface area contributed by atoms with Crippen LogP contribution in [-0.4, -0.2) is 60.0 Å². The van der Waals surface area contributed by atoms with Gasteiger partial charge >= 0.3 is 0 Å². The lowest BCUT2D eigenvalue weighted by molar-refractivity contribution is 0.162. The molecule has 0 bridgehead atoms. The molecule has 3 aromatic heterocycles. The van der Waals surface area contributed by atoms with E-state index in [4.69, 9.17) is 10.5 Å². The highest BCUT2D eigenvalue weighted by molar-refractivity contribution is 7.92. The molecule has 41 heavy (non-hydrogen) atoms. The van der Waals surface area contributed by atoms with Crippen LogP contribution < -0.4 is 15.8 Å². The molecule has 13 heteroatoms. The van der Waals surface area contributed by atoms with Crippen molar-refractivity contribution in [3.05, 3.63) is 54.5 Å². The Bertz CT molecular complexity index is 1550. The van der Waals surface area contributed by atoms with Gasteiger partial charge in [0.25, 0.3) is 0 Å². The van der Waals surface area contributed by atoms with Gasteiger partial charge in [-0.2, -0.15) is 0 Å². The molecule has 4 aromatic rings. The highest BCUT2D eigenvalue weighted by Gasteiger charge is 2.18. The van der Waals surface area contributed by atoms with Gasteiger partial charge in [-0.1, -0.05) is 6.07 Å². The van der Waals surface area contributed by atoms with E-state index < -0.39 is 28.3 Å². The number of rotatable bonds is 11. The Morgan fingerprint density at radius 3 is 2.39 bits per heavy atom. The molecule has 220 valence electrons. The van der Waals surface area contributed by atoms with E-state index in [1.54, 1.807) is 18.3 Å². The lowest BCUT2D eigenvalue weighted by Crippen LogP contribution is -2.18. The number of nitrogen functional groups attached to an aromatic ring is 1. The predicted molar refractivity (Wildman–Crippen MR) is 159 cm³/mol. The normalized spacial score (nSPS) is 11.3. The van der Waals surface area contributed by atoms with Gasteiger partial charge in [-0.15, -0.1) is 0 Å². The molecule has 0 fully saturated rings. The van der Waals surface area contributed by atoms with E-state index in [1.165, 1.54) is 18.2 Å². The van der Waals surface area contributed by atoms with Crippen LogP contribution in [0.1, 0.15) is 34.1 Å². The van der Waals surface area contributed by atoms with Gasteiger partial charge in [-0.05, 0) is 70.5 Å². The smallest absolute Gasteiger partial charge is 0.232 e. The summed E-state index contributed by atoms with van der Waals surface area (Å²) >= 11 is 0. The lowest BCUT2D eigenvalue weighted by Gasteiger charge is -2.12. The second-order valence-corrected chi connectivity index (χ2v) is 11.0. The van der Waals surface area contributed by atoms with Crippen molar-refractivity contribution in [3.8, 4) is 22.6 Å². The van der Waals surface area contributed by atoms with Crippen LogP contribution in [-0.2, 0) is 14.8 Å². The zero-order chi connectivity index (χ0) is 30.0. The van der Waals surface area contributed by atoms with E-state index in [-0.39, 0.29) is 40.7 Å². The van der Waals surface area contributed by atoms with Crippen LogP contribution in [0.4, 0.5) is 26.1 Å². The number of aromatic nitrogens is 4. The number of benzene rings is 1. The first kappa shape index (κ1) is 31.6. The summed E-state index contributed by atoms with van der Waals surface area (Å²) in [6.45, 7) is 8.91. The molecule has 1 aromatic carbocycles. The zero-order valence-electron chi connectivity index (χ0n) is 23.5. The molecule has 0 atom stereocenters. The maximum atomic E-state index is 15.2. The molecule has 3 heterocycles. The van der Waals surface area contributed by atoms with Gasteiger partial charge in [0.1, 0.15) is 11.3 Å². The highest BCUT2D eigenvalue weighted by atomic mass is 32.2. The maximum Gasteiger partial charge on any atom is 0.232 e. The molecular formula is C28H35F2N7O3S. The fourth-order valence-corrected chi connectivity index (χ4v) is 4.78. The van der Waals surface area contributed by atoms with Crippen LogP contribution in [0.25, 0.3) is 33.7 Å². The molecule has 10 nitrogen and oxygen atoms in total. The fourth-order valence-electron chi connectivity index (χ4n) is 3.70. The van der Waals surface area contributed by atoms with Crippen LogP contribution in [0.5, 0.6) is 0 Å². The maximum absolute atomic E-state index is 15.2. The van der Waals surface area contributed by atoms with Gasteiger partial charge in [0.15, 0.2) is 17.5 Å². The minimum absolute atomic E-state index is 0.0588. The average Bonchev–Trinajstić information content (AvgIpc) is 2.94. The predicted octanol–water partition coefficient (Wildman–Crippen LogP) is 5.44. The molecule has 0 radical (unpaired) electrons. The number of pyridine rings is 2. The third-order valence-corrected chi connectivity index (χ3v) is 6.88. The van der Waals surface area contributed by atoms with Crippen molar-refractivity contribution in [3.63, 3.8) is 0 Å². The van der Waals surface area contributed by atoms with Crippen molar-refractivity contribution in [1.29, 1.82) is 0 Å². The van der Waals surface area contributed by atoms with Gasteiger partial charge < -0.3 is 15.8 Å².